The van der Waals surface area contributed by atoms with Crippen LogP contribution in [0.25, 0.3) is 11.5 Å². The summed E-state index contributed by atoms with van der Waals surface area (Å²) in [6.45, 7) is 4.74. The van der Waals surface area contributed by atoms with Crippen molar-refractivity contribution in [2.75, 3.05) is 0 Å². The summed E-state index contributed by atoms with van der Waals surface area (Å²) >= 11 is 6.07. The number of halogens is 1. The van der Waals surface area contributed by atoms with Crippen LogP contribution in [0.2, 0.25) is 5.02 Å². The molecule has 2 amide bonds. The van der Waals surface area contributed by atoms with Crippen LogP contribution in [0.1, 0.15) is 55.6 Å². The van der Waals surface area contributed by atoms with Gasteiger partial charge in [0.2, 0.25) is 5.91 Å². The van der Waals surface area contributed by atoms with Crippen molar-refractivity contribution in [3.8, 4) is 11.5 Å². The Hall–Kier alpha value is -2.99. The Kier molecular flexibility index (Phi) is 6.02. The molecular formula is C27H30ClN3O3. The molecule has 1 aliphatic heterocycles. The molecule has 0 bridgehead atoms. The quantitative estimate of drug-likeness (QED) is 0.524. The summed E-state index contributed by atoms with van der Waals surface area (Å²) in [6, 6.07) is 14.9. The van der Waals surface area contributed by atoms with Gasteiger partial charge in [-0.1, -0.05) is 43.5 Å². The van der Waals surface area contributed by atoms with Gasteiger partial charge in [0, 0.05) is 17.6 Å². The van der Waals surface area contributed by atoms with Crippen LogP contribution in [0.15, 0.2) is 59.2 Å². The zero-order chi connectivity index (χ0) is 23.9. The number of nitrogens with zero attached hydrogens (tertiary/aromatic N) is 2. The summed E-state index contributed by atoms with van der Waals surface area (Å²) in [5.41, 5.74) is 1.21. The molecule has 34 heavy (non-hydrogen) atoms. The summed E-state index contributed by atoms with van der Waals surface area (Å²) in [5.74, 6) is 0.812. The molecule has 1 N–H and O–H groups in total. The second-order valence-electron chi connectivity index (χ2n) is 9.80. The summed E-state index contributed by atoms with van der Waals surface area (Å²) in [4.78, 5) is 29.4. The van der Waals surface area contributed by atoms with Crippen LogP contribution in [0.4, 0.5) is 0 Å². The van der Waals surface area contributed by atoms with Gasteiger partial charge in [-0.05, 0) is 67.6 Å². The molecule has 1 aromatic carbocycles. The molecule has 0 unspecified atom stereocenters. The van der Waals surface area contributed by atoms with Gasteiger partial charge in [-0.15, -0.1) is 0 Å². The lowest BCUT2D eigenvalue weighted by Crippen LogP contribution is -2.65. The van der Waals surface area contributed by atoms with Crippen molar-refractivity contribution >= 4 is 23.4 Å². The zero-order valence-corrected chi connectivity index (χ0v) is 20.3. The molecule has 3 heterocycles. The molecule has 5 rings (SSSR count). The van der Waals surface area contributed by atoms with Crippen LogP contribution in [0, 0.1) is 5.92 Å². The maximum Gasteiger partial charge on any atom is 0.271 e. The minimum Gasteiger partial charge on any atom is -0.463 e. The molecule has 1 saturated carbocycles. The number of rotatable bonds is 5. The highest BCUT2D eigenvalue weighted by Gasteiger charge is 2.48. The fourth-order valence-electron chi connectivity index (χ4n) is 5.29. The molecule has 1 fully saturated rings. The molecule has 0 spiro atoms. The Morgan fingerprint density at radius 3 is 2.56 bits per heavy atom. The molecule has 3 atom stereocenters. The highest BCUT2D eigenvalue weighted by Crippen LogP contribution is 2.35. The van der Waals surface area contributed by atoms with Crippen molar-refractivity contribution in [1.29, 1.82) is 0 Å². The van der Waals surface area contributed by atoms with E-state index in [1.807, 2.05) is 60.0 Å². The lowest BCUT2D eigenvalue weighted by Gasteiger charge is -2.45. The Morgan fingerprint density at radius 1 is 1.12 bits per heavy atom. The predicted octanol–water partition coefficient (Wildman–Crippen LogP) is 5.51. The second kappa shape index (κ2) is 8.99. The normalized spacial score (nSPS) is 24.7. The van der Waals surface area contributed by atoms with E-state index in [1.54, 1.807) is 11.2 Å². The predicted molar refractivity (Wildman–Crippen MR) is 131 cm³/mol. The first-order valence-corrected chi connectivity index (χ1v) is 12.4. The molecule has 3 aromatic rings. The SMILES string of the molecule is C[C@@H]1CCCC[C@@H]1NC(=O)[C@]1(C)Cn2c(ccc2-c2ccco2)C(=O)N1Cc1ccc(Cl)cc1. The number of aromatic nitrogens is 1. The van der Waals surface area contributed by atoms with Gasteiger partial charge >= 0.3 is 0 Å². The Labute approximate surface area is 204 Å². The molecule has 178 valence electrons. The first-order chi connectivity index (χ1) is 16.4. The number of hydrogen-bond donors (Lipinski definition) is 1. The van der Waals surface area contributed by atoms with Gasteiger partial charge in [-0.3, -0.25) is 9.59 Å². The van der Waals surface area contributed by atoms with Crippen molar-refractivity contribution in [3.63, 3.8) is 0 Å². The monoisotopic (exact) mass is 479 g/mol. The fraction of sp³-hybridized carbons (Fsp3) is 0.407. The maximum absolute atomic E-state index is 13.9. The van der Waals surface area contributed by atoms with E-state index in [0.29, 0.717) is 35.5 Å². The Bertz CT molecular complexity index is 1180. The first kappa shape index (κ1) is 22.8. The summed E-state index contributed by atoms with van der Waals surface area (Å²) in [5, 5.41) is 3.95. The van der Waals surface area contributed by atoms with Gasteiger partial charge in [0.15, 0.2) is 0 Å². The van der Waals surface area contributed by atoms with Gasteiger partial charge in [-0.25, -0.2) is 0 Å². The van der Waals surface area contributed by atoms with Crippen molar-refractivity contribution in [2.45, 2.75) is 64.2 Å². The van der Waals surface area contributed by atoms with Gasteiger partial charge in [0.05, 0.1) is 18.5 Å². The number of nitrogens with one attached hydrogen (secondary N) is 1. The van der Waals surface area contributed by atoms with E-state index in [4.69, 9.17) is 16.0 Å². The number of carbonyl (C=O) groups excluding carboxylic acids is 2. The Morgan fingerprint density at radius 2 is 1.85 bits per heavy atom. The summed E-state index contributed by atoms with van der Waals surface area (Å²) in [7, 11) is 0. The number of amides is 2. The van der Waals surface area contributed by atoms with E-state index in [0.717, 1.165) is 30.5 Å². The lowest BCUT2D eigenvalue weighted by molar-refractivity contribution is -0.134. The molecule has 6 nitrogen and oxygen atoms in total. The maximum atomic E-state index is 13.9. The number of furan rings is 1. The molecule has 1 aliphatic carbocycles. The van der Waals surface area contributed by atoms with Gasteiger partial charge in [0.1, 0.15) is 17.0 Å². The number of hydrogen-bond acceptors (Lipinski definition) is 3. The molecular weight excluding hydrogens is 450 g/mol. The van der Waals surface area contributed by atoms with E-state index < -0.39 is 5.54 Å². The lowest BCUT2D eigenvalue weighted by atomic mass is 9.85. The Balaban J connectivity index is 1.52. The van der Waals surface area contributed by atoms with Crippen LogP contribution in [0.5, 0.6) is 0 Å². The first-order valence-electron chi connectivity index (χ1n) is 12.0. The van der Waals surface area contributed by atoms with Crippen LogP contribution in [-0.4, -0.2) is 32.9 Å². The van der Waals surface area contributed by atoms with E-state index in [1.165, 1.54) is 6.42 Å². The van der Waals surface area contributed by atoms with Crippen molar-refractivity contribution in [1.82, 2.24) is 14.8 Å². The number of benzene rings is 1. The zero-order valence-electron chi connectivity index (χ0n) is 19.6. The number of carbonyl (C=O) groups is 2. The smallest absolute Gasteiger partial charge is 0.271 e. The highest BCUT2D eigenvalue weighted by molar-refractivity contribution is 6.30. The summed E-state index contributed by atoms with van der Waals surface area (Å²) in [6.07, 6.45) is 6.01. The number of fused-ring (bicyclic) bond motifs is 1. The topological polar surface area (TPSA) is 67.5 Å². The average Bonchev–Trinajstić information content (AvgIpc) is 3.49. The van der Waals surface area contributed by atoms with Gasteiger partial charge in [0.25, 0.3) is 5.91 Å². The van der Waals surface area contributed by atoms with Gasteiger partial charge in [-0.2, -0.15) is 0 Å². The minimum atomic E-state index is -1.07. The third-order valence-corrected chi connectivity index (χ3v) is 7.70. The van der Waals surface area contributed by atoms with Crippen LogP contribution < -0.4 is 5.32 Å². The van der Waals surface area contributed by atoms with Crippen molar-refractivity contribution < 1.29 is 14.0 Å². The van der Waals surface area contributed by atoms with E-state index in [2.05, 4.69) is 12.2 Å². The third kappa shape index (κ3) is 4.05. The average molecular weight is 480 g/mol. The fourth-order valence-corrected chi connectivity index (χ4v) is 5.41. The van der Waals surface area contributed by atoms with Gasteiger partial charge < -0.3 is 19.2 Å². The van der Waals surface area contributed by atoms with Crippen LogP contribution >= 0.6 is 11.6 Å². The van der Waals surface area contributed by atoms with Crippen LogP contribution in [-0.2, 0) is 17.9 Å². The summed E-state index contributed by atoms with van der Waals surface area (Å²) < 4.78 is 7.54. The standard InChI is InChI=1S/C27H30ClN3O3/c1-18-6-3-4-7-21(18)29-26(33)27(2)17-30-22(24-8-5-15-34-24)13-14-23(30)25(32)31(27)16-19-9-11-20(28)12-10-19/h5,8-15,18,21H,3-4,6-7,16-17H2,1-2H3,(H,29,33)/t18-,21+,27+/m1/s1. The van der Waals surface area contributed by atoms with E-state index in [9.17, 15) is 9.59 Å². The largest absolute Gasteiger partial charge is 0.463 e. The second-order valence-corrected chi connectivity index (χ2v) is 10.2. The minimum absolute atomic E-state index is 0.113. The highest BCUT2D eigenvalue weighted by atomic mass is 35.5. The van der Waals surface area contributed by atoms with Crippen LogP contribution in [0.3, 0.4) is 0 Å². The molecule has 0 radical (unpaired) electrons. The van der Waals surface area contributed by atoms with E-state index >= 15 is 0 Å². The molecule has 0 saturated heterocycles. The molecule has 2 aliphatic rings. The molecule has 7 heteroatoms. The van der Waals surface area contributed by atoms with E-state index in [-0.39, 0.29) is 17.9 Å². The van der Waals surface area contributed by atoms with Crippen molar-refractivity contribution in [2.24, 2.45) is 5.92 Å². The molecule has 2 aromatic heterocycles. The van der Waals surface area contributed by atoms with Crippen molar-refractivity contribution in [3.05, 3.63) is 71.1 Å². The third-order valence-electron chi connectivity index (χ3n) is 7.45.